The smallest absolute Gasteiger partial charge is 0.265 e. The summed E-state index contributed by atoms with van der Waals surface area (Å²) in [5.41, 5.74) is 9.16. The zero-order valence-electron chi connectivity index (χ0n) is 14.4. The van der Waals surface area contributed by atoms with Gasteiger partial charge in [0.2, 0.25) is 0 Å². The number of thioether (sulfide) groups is 1. The zero-order valence-corrected chi connectivity index (χ0v) is 15.2. The van der Waals surface area contributed by atoms with E-state index in [4.69, 9.17) is 11.6 Å². The van der Waals surface area contributed by atoms with Crippen LogP contribution in [0.25, 0.3) is 0 Å². The number of Topliss-reactive ketones (excluding diaryl/α,β-unsaturated/α-hetero) is 1. The van der Waals surface area contributed by atoms with Crippen LogP contribution >= 0.6 is 11.8 Å². The van der Waals surface area contributed by atoms with E-state index < -0.39 is 23.8 Å². The third kappa shape index (κ3) is 5.31. The maximum Gasteiger partial charge on any atom is 0.265 e. The molecule has 0 radical (unpaired) electrons. The van der Waals surface area contributed by atoms with Gasteiger partial charge in [0.15, 0.2) is 5.78 Å². The van der Waals surface area contributed by atoms with E-state index >= 15 is 0 Å². The van der Waals surface area contributed by atoms with Crippen LogP contribution in [0.4, 0.5) is 0 Å². The summed E-state index contributed by atoms with van der Waals surface area (Å²) in [6.45, 7) is 6.00. The summed E-state index contributed by atoms with van der Waals surface area (Å²) >= 11 is 1.70. The van der Waals surface area contributed by atoms with Gasteiger partial charge < -0.3 is 10.8 Å². The number of hydrazine groups is 1. The van der Waals surface area contributed by atoms with Gasteiger partial charge in [-0.3, -0.25) is 15.0 Å². The van der Waals surface area contributed by atoms with Crippen LogP contribution in [0.2, 0.25) is 0 Å². The molecule has 6 nitrogen and oxygen atoms in total. The molecule has 6 N–H and O–H groups in total. The molecule has 24 heavy (non-hydrogen) atoms. The predicted molar refractivity (Wildman–Crippen MR) is 98.1 cm³/mol. The fraction of sp³-hybridized carbons (Fsp3) is 0.529. The van der Waals surface area contributed by atoms with E-state index in [2.05, 4.69) is 0 Å². The monoisotopic (exact) mass is 353 g/mol. The molecule has 0 aromatic heterocycles. The average molecular weight is 353 g/mol. The number of hydrogen-bond donors (Lipinski definition) is 4. The van der Waals surface area contributed by atoms with Crippen LogP contribution in [0.3, 0.4) is 0 Å². The number of hydrogen-bond acceptors (Lipinski definition) is 6. The van der Waals surface area contributed by atoms with Gasteiger partial charge in [0.05, 0.1) is 5.56 Å². The molecule has 2 atom stereocenters. The molecule has 7 heteroatoms. The van der Waals surface area contributed by atoms with E-state index in [0.717, 1.165) is 17.1 Å². The van der Waals surface area contributed by atoms with Crippen molar-refractivity contribution < 1.29 is 14.7 Å². The van der Waals surface area contributed by atoms with Gasteiger partial charge in [0, 0.05) is 11.6 Å². The number of nitrogens with one attached hydrogen (secondary N) is 1. The number of rotatable bonds is 9. The zero-order chi connectivity index (χ0) is 18.3. The second-order valence-corrected chi connectivity index (χ2v) is 7.29. The van der Waals surface area contributed by atoms with Crippen molar-refractivity contribution in [2.45, 2.75) is 45.3 Å². The van der Waals surface area contributed by atoms with Crippen LogP contribution in [0.15, 0.2) is 18.2 Å². The Hall–Kier alpha value is -1.41. The predicted octanol–water partition coefficient (Wildman–Crippen LogP) is 1.43. The third-order valence-corrected chi connectivity index (χ3v) is 4.76. The molecule has 134 valence electrons. The SMILES string of the molecule is CCSCC[C@@H](N)C(O)C(=O)c1cc(C(C)C)ccc1C(=O)NN. The van der Waals surface area contributed by atoms with E-state index in [1.54, 1.807) is 30.0 Å². The van der Waals surface area contributed by atoms with E-state index in [1.165, 1.54) is 0 Å². The number of aliphatic hydroxyl groups excluding tert-OH is 1. The lowest BCUT2D eigenvalue weighted by Crippen LogP contribution is -2.42. The standard InChI is InChI=1S/C17H27N3O3S/c1-4-24-8-7-14(18)16(22)15(21)13-9-11(10(2)3)5-6-12(13)17(23)20-19/h5-6,9-10,14,16,22H,4,7-8,18-19H2,1-3H3,(H,20,23)/t14-,16?/m1/s1. The number of amides is 1. The Morgan fingerprint density at radius 3 is 2.50 bits per heavy atom. The molecule has 0 spiro atoms. The van der Waals surface area contributed by atoms with Crippen LogP contribution < -0.4 is 17.0 Å². The van der Waals surface area contributed by atoms with Gasteiger partial charge in [-0.15, -0.1) is 0 Å². The lowest BCUT2D eigenvalue weighted by molar-refractivity contribution is 0.0687. The van der Waals surface area contributed by atoms with Crippen molar-refractivity contribution >= 4 is 23.5 Å². The Morgan fingerprint density at radius 1 is 1.29 bits per heavy atom. The molecule has 1 unspecified atom stereocenters. The number of nitrogens with two attached hydrogens (primary N) is 2. The number of nitrogen functional groups attached to an aromatic ring is 1. The van der Waals surface area contributed by atoms with Gasteiger partial charge in [-0.05, 0) is 41.5 Å². The van der Waals surface area contributed by atoms with Crippen molar-refractivity contribution in [3.05, 3.63) is 34.9 Å². The minimum Gasteiger partial charge on any atom is -0.383 e. The molecule has 1 aromatic carbocycles. The molecule has 0 fully saturated rings. The number of benzene rings is 1. The van der Waals surface area contributed by atoms with Crippen molar-refractivity contribution in [2.75, 3.05) is 11.5 Å². The number of ketones is 1. The summed E-state index contributed by atoms with van der Waals surface area (Å²) in [6.07, 6.45) is -0.831. The highest BCUT2D eigenvalue weighted by Gasteiger charge is 2.27. The van der Waals surface area contributed by atoms with Crippen LogP contribution in [-0.2, 0) is 0 Å². The van der Waals surface area contributed by atoms with Gasteiger partial charge in [0.1, 0.15) is 6.10 Å². The van der Waals surface area contributed by atoms with E-state index in [9.17, 15) is 14.7 Å². The van der Waals surface area contributed by atoms with Gasteiger partial charge in [-0.25, -0.2) is 5.84 Å². The first-order valence-electron chi connectivity index (χ1n) is 8.03. The van der Waals surface area contributed by atoms with Crippen LogP contribution in [0.5, 0.6) is 0 Å². The Morgan fingerprint density at radius 2 is 1.96 bits per heavy atom. The lowest BCUT2D eigenvalue weighted by atomic mass is 9.91. The van der Waals surface area contributed by atoms with Crippen LogP contribution in [-0.4, -0.2) is 40.4 Å². The van der Waals surface area contributed by atoms with Gasteiger partial charge in [-0.2, -0.15) is 11.8 Å². The first-order valence-corrected chi connectivity index (χ1v) is 9.19. The molecule has 0 bridgehead atoms. The molecule has 0 aliphatic heterocycles. The number of aliphatic hydroxyl groups is 1. The molecule has 0 heterocycles. The summed E-state index contributed by atoms with van der Waals surface area (Å²) in [6, 6.07) is 4.29. The summed E-state index contributed by atoms with van der Waals surface area (Å²) in [4.78, 5) is 24.6. The van der Waals surface area contributed by atoms with Crippen molar-refractivity contribution in [1.29, 1.82) is 0 Å². The maximum atomic E-state index is 12.7. The van der Waals surface area contributed by atoms with E-state index in [0.29, 0.717) is 6.42 Å². The first-order chi connectivity index (χ1) is 11.3. The molecule has 1 aromatic rings. The highest BCUT2D eigenvalue weighted by molar-refractivity contribution is 7.99. The lowest BCUT2D eigenvalue weighted by Gasteiger charge is -2.19. The molecule has 0 saturated heterocycles. The Balaban J connectivity index is 3.09. The number of carbonyl (C=O) groups excluding carboxylic acids is 2. The molecule has 0 aliphatic carbocycles. The molecular formula is C17H27N3O3S. The Kier molecular flexibility index (Phi) is 8.41. The average Bonchev–Trinajstić information content (AvgIpc) is 2.59. The van der Waals surface area contributed by atoms with Crippen LogP contribution in [0, 0.1) is 0 Å². The summed E-state index contributed by atoms with van der Waals surface area (Å²) in [5.74, 6) is 5.96. The molecular weight excluding hydrogens is 326 g/mol. The topological polar surface area (TPSA) is 118 Å². The largest absolute Gasteiger partial charge is 0.383 e. The van der Waals surface area contributed by atoms with Crippen molar-refractivity contribution in [3.8, 4) is 0 Å². The summed E-state index contributed by atoms with van der Waals surface area (Å²) in [7, 11) is 0. The van der Waals surface area contributed by atoms with Gasteiger partial charge >= 0.3 is 0 Å². The van der Waals surface area contributed by atoms with Crippen LogP contribution in [0.1, 0.15) is 59.4 Å². The highest BCUT2D eigenvalue weighted by Crippen LogP contribution is 2.21. The second kappa shape index (κ2) is 9.78. The fourth-order valence-electron chi connectivity index (χ4n) is 2.28. The van der Waals surface area contributed by atoms with Crippen molar-refractivity contribution in [1.82, 2.24) is 5.43 Å². The van der Waals surface area contributed by atoms with Gasteiger partial charge in [-0.1, -0.05) is 26.8 Å². The third-order valence-electron chi connectivity index (χ3n) is 3.83. The second-order valence-electron chi connectivity index (χ2n) is 5.89. The van der Waals surface area contributed by atoms with E-state index in [-0.39, 0.29) is 17.0 Å². The summed E-state index contributed by atoms with van der Waals surface area (Å²) in [5, 5.41) is 10.3. The quantitative estimate of drug-likeness (QED) is 0.175. The molecule has 0 saturated carbocycles. The first kappa shape index (κ1) is 20.6. The fourth-order valence-corrected chi connectivity index (χ4v) is 3.00. The van der Waals surface area contributed by atoms with E-state index in [1.807, 2.05) is 26.2 Å². The Bertz CT molecular complexity index is 578. The molecule has 1 amide bonds. The molecule has 1 rings (SSSR count). The summed E-state index contributed by atoms with van der Waals surface area (Å²) < 4.78 is 0. The maximum absolute atomic E-state index is 12.7. The van der Waals surface area contributed by atoms with Crippen molar-refractivity contribution in [3.63, 3.8) is 0 Å². The minimum absolute atomic E-state index is 0.140. The Labute approximate surface area is 147 Å². The molecule has 0 aliphatic rings. The van der Waals surface area contributed by atoms with Gasteiger partial charge in [0.25, 0.3) is 5.91 Å². The minimum atomic E-state index is -1.35. The number of carbonyl (C=O) groups is 2. The highest BCUT2D eigenvalue weighted by atomic mass is 32.2. The van der Waals surface area contributed by atoms with Crippen molar-refractivity contribution in [2.24, 2.45) is 11.6 Å². The normalized spacial score (nSPS) is 13.6.